The largest absolute Gasteiger partial charge is 0.504 e. The average molecular weight is 368 g/mol. The van der Waals surface area contributed by atoms with Crippen molar-refractivity contribution in [2.45, 2.75) is 31.7 Å². The van der Waals surface area contributed by atoms with Gasteiger partial charge in [0.1, 0.15) is 5.75 Å². The molecular formula is C21H24N2O4. The minimum Gasteiger partial charge on any atom is -0.504 e. The number of nitrogens with zero attached hydrogens (tertiary/aromatic N) is 1. The number of rotatable bonds is 2. The van der Waals surface area contributed by atoms with Crippen molar-refractivity contribution >= 4 is 5.91 Å². The maximum atomic E-state index is 12.9. The van der Waals surface area contributed by atoms with Crippen LogP contribution in [0.15, 0.2) is 30.3 Å². The maximum Gasteiger partial charge on any atom is 0.257 e. The quantitative estimate of drug-likeness (QED) is 0.708. The van der Waals surface area contributed by atoms with Gasteiger partial charge in [0.25, 0.3) is 5.91 Å². The molecule has 1 saturated heterocycles. The summed E-state index contributed by atoms with van der Waals surface area (Å²) in [6.45, 7) is 4.03. The molecule has 2 aromatic rings. The number of carbonyl (C=O) groups is 1. The molecule has 1 spiro atoms. The fourth-order valence-electron chi connectivity index (χ4n) is 4.18. The van der Waals surface area contributed by atoms with Crippen molar-refractivity contribution in [1.82, 2.24) is 4.90 Å². The van der Waals surface area contributed by atoms with E-state index >= 15 is 0 Å². The van der Waals surface area contributed by atoms with Crippen LogP contribution < -0.4 is 10.5 Å². The Morgan fingerprint density at radius 2 is 1.96 bits per heavy atom. The number of aromatic hydroxyl groups is 2. The molecule has 0 aliphatic carbocycles. The second-order valence-corrected chi connectivity index (χ2v) is 7.58. The first kappa shape index (κ1) is 17.7. The van der Waals surface area contributed by atoms with Gasteiger partial charge in [-0.1, -0.05) is 12.1 Å². The van der Waals surface area contributed by atoms with Crippen LogP contribution in [-0.4, -0.2) is 40.7 Å². The highest BCUT2D eigenvalue weighted by atomic mass is 16.5. The molecule has 2 aliphatic rings. The summed E-state index contributed by atoms with van der Waals surface area (Å²) in [5.41, 5.74) is 8.85. The Bertz CT molecular complexity index is 901. The number of amides is 1. The highest BCUT2D eigenvalue weighted by molar-refractivity contribution is 5.98. The molecule has 2 aromatic carbocycles. The molecule has 0 saturated carbocycles. The van der Waals surface area contributed by atoms with E-state index < -0.39 is 0 Å². The minimum atomic E-state index is -0.354. The maximum absolute atomic E-state index is 12.9. The Hall–Kier alpha value is -2.73. The summed E-state index contributed by atoms with van der Waals surface area (Å²) in [4.78, 5) is 14.6. The number of nitrogens with two attached hydrogens (primary N) is 1. The van der Waals surface area contributed by atoms with Gasteiger partial charge in [-0.2, -0.15) is 0 Å². The van der Waals surface area contributed by atoms with Crippen LogP contribution in [0, 0.1) is 6.92 Å². The minimum absolute atomic E-state index is 0.0892. The third-order valence-corrected chi connectivity index (χ3v) is 5.83. The van der Waals surface area contributed by atoms with Gasteiger partial charge in [-0.25, -0.2) is 0 Å². The number of benzene rings is 2. The molecule has 0 bridgehead atoms. The summed E-state index contributed by atoms with van der Waals surface area (Å²) >= 11 is 0. The zero-order chi connectivity index (χ0) is 19.2. The molecule has 6 heteroatoms. The predicted octanol–water partition coefficient (Wildman–Crippen LogP) is 2.43. The van der Waals surface area contributed by atoms with Gasteiger partial charge in [0.2, 0.25) is 0 Å². The van der Waals surface area contributed by atoms with E-state index in [1.165, 1.54) is 11.6 Å². The van der Waals surface area contributed by atoms with Crippen LogP contribution in [0.3, 0.4) is 0 Å². The van der Waals surface area contributed by atoms with E-state index in [0.717, 1.165) is 29.7 Å². The van der Waals surface area contributed by atoms with Crippen LogP contribution in [0.25, 0.3) is 0 Å². The van der Waals surface area contributed by atoms with Crippen LogP contribution in [0.1, 0.15) is 39.9 Å². The lowest BCUT2D eigenvalue weighted by Crippen LogP contribution is -2.46. The Labute approximate surface area is 158 Å². The molecule has 1 fully saturated rings. The van der Waals surface area contributed by atoms with Crippen molar-refractivity contribution in [3.8, 4) is 17.2 Å². The summed E-state index contributed by atoms with van der Waals surface area (Å²) in [5.74, 6) is 0.0386. The van der Waals surface area contributed by atoms with Crippen molar-refractivity contribution < 1.29 is 19.7 Å². The van der Waals surface area contributed by atoms with Crippen LogP contribution in [0.2, 0.25) is 0 Å². The molecule has 0 radical (unpaired) electrons. The first-order chi connectivity index (χ1) is 12.9. The summed E-state index contributed by atoms with van der Waals surface area (Å²) in [7, 11) is 0. The highest BCUT2D eigenvalue weighted by Crippen LogP contribution is 2.46. The number of hydrogen-bond donors (Lipinski definition) is 3. The first-order valence-corrected chi connectivity index (χ1v) is 9.22. The van der Waals surface area contributed by atoms with Crippen molar-refractivity contribution in [1.29, 1.82) is 0 Å². The van der Waals surface area contributed by atoms with Crippen LogP contribution in [-0.2, 0) is 12.0 Å². The zero-order valence-electron chi connectivity index (χ0n) is 15.4. The van der Waals surface area contributed by atoms with E-state index in [-0.39, 0.29) is 28.4 Å². The van der Waals surface area contributed by atoms with E-state index in [2.05, 4.69) is 6.07 Å². The van der Waals surface area contributed by atoms with E-state index in [1.807, 2.05) is 12.1 Å². The molecule has 142 valence electrons. The van der Waals surface area contributed by atoms with E-state index in [0.29, 0.717) is 26.2 Å². The van der Waals surface area contributed by atoms with Crippen molar-refractivity contribution in [2.75, 3.05) is 19.7 Å². The molecular weight excluding hydrogens is 344 g/mol. The number of hydrogen-bond acceptors (Lipinski definition) is 5. The molecule has 27 heavy (non-hydrogen) atoms. The van der Waals surface area contributed by atoms with Crippen molar-refractivity contribution in [3.63, 3.8) is 0 Å². The van der Waals surface area contributed by atoms with E-state index in [9.17, 15) is 15.0 Å². The third kappa shape index (κ3) is 2.90. The molecule has 0 aromatic heterocycles. The second kappa shape index (κ2) is 6.46. The Balaban J connectivity index is 1.55. The predicted molar refractivity (Wildman–Crippen MR) is 101 cm³/mol. The lowest BCUT2D eigenvalue weighted by atomic mass is 9.74. The summed E-state index contributed by atoms with van der Waals surface area (Å²) in [6.07, 6.45) is 1.58. The summed E-state index contributed by atoms with van der Waals surface area (Å²) in [6, 6.07) is 9.16. The normalized spacial score (nSPS) is 17.6. The van der Waals surface area contributed by atoms with Gasteiger partial charge >= 0.3 is 0 Å². The number of ether oxygens (including phenoxy) is 1. The Morgan fingerprint density at radius 1 is 1.22 bits per heavy atom. The number of carbonyl (C=O) groups excluding carboxylic acids is 1. The molecule has 6 nitrogen and oxygen atoms in total. The first-order valence-electron chi connectivity index (χ1n) is 9.22. The van der Waals surface area contributed by atoms with Crippen molar-refractivity contribution in [2.24, 2.45) is 5.73 Å². The van der Waals surface area contributed by atoms with E-state index in [4.69, 9.17) is 10.5 Å². The fraction of sp³-hybridized carbons (Fsp3) is 0.381. The number of fused-ring (bicyclic) bond motifs is 2. The molecule has 4 rings (SSSR count). The van der Waals surface area contributed by atoms with Crippen LogP contribution in [0.5, 0.6) is 17.2 Å². The Kier molecular flexibility index (Phi) is 4.23. The molecule has 0 atom stereocenters. The number of piperidine rings is 1. The standard InChI is InChI=1S/C21H24N2O4/c1-13-8-15(19(25)17(24)9-13)20(26)23-6-4-21(5-7-23)12-27-18-3-2-14(11-22)10-16(18)21/h2-3,8-10,24-25H,4-7,11-12,22H2,1H3. The average Bonchev–Trinajstić information content (AvgIpc) is 3.02. The second-order valence-electron chi connectivity index (χ2n) is 7.58. The smallest absolute Gasteiger partial charge is 0.257 e. The number of likely N-dealkylation sites (tertiary alicyclic amines) is 1. The lowest BCUT2D eigenvalue weighted by Gasteiger charge is -2.38. The number of phenols is 2. The van der Waals surface area contributed by atoms with Gasteiger partial charge in [-0.15, -0.1) is 0 Å². The molecule has 2 heterocycles. The Morgan fingerprint density at radius 3 is 2.67 bits per heavy atom. The van der Waals surface area contributed by atoms with E-state index in [1.54, 1.807) is 17.9 Å². The van der Waals surface area contributed by atoms with Crippen LogP contribution in [0.4, 0.5) is 0 Å². The van der Waals surface area contributed by atoms with Crippen LogP contribution >= 0.6 is 0 Å². The summed E-state index contributed by atoms with van der Waals surface area (Å²) in [5, 5.41) is 19.9. The van der Waals surface area contributed by atoms with Crippen molar-refractivity contribution in [3.05, 3.63) is 52.6 Å². The third-order valence-electron chi connectivity index (χ3n) is 5.83. The van der Waals surface area contributed by atoms with Gasteiger partial charge in [0.05, 0.1) is 12.2 Å². The topological polar surface area (TPSA) is 96.0 Å². The number of aryl methyl sites for hydroxylation is 1. The van der Waals surface area contributed by atoms with Gasteiger partial charge in [-0.05, 0) is 49.1 Å². The fourth-order valence-corrected chi connectivity index (χ4v) is 4.18. The zero-order valence-corrected chi connectivity index (χ0v) is 15.4. The lowest BCUT2D eigenvalue weighted by molar-refractivity contribution is 0.0643. The van der Waals surface area contributed by atoms with Gasteiger partial charge in [0, 0.05) is 30.6 Å². The monoisotopic (exact) mass is 368 g/mol. The van der Waals surface area contributed by atoms with Gasteiger partial charge in [-0.3, -0.25) is 4.79 Å². The molecule has 1 amide bonds. The summed E-state index contributed by atoms with van der Waals surface area (Å²) < 4.78 is 5.90. The van der Waals surface area contributed by atoms with Gasteiger partial charge < -0.3 is 25.6 Å². The highest BCUT2D eigenvalue weighted by Gasteiger charge is 2.44. The molecule has 4 N–H and O–H groups in total. The van der Waals surface area contributed by atoms with Gasteiger partial charge in [0.15, 0.2) is 11.5 Å². The number of phenolic OH excluding ortho intramolecular Hbond substituents is 2. The molecule has 2 aliphatic heterocycles. The SMILES string of the molecule is Cc1cc(O)c(O)c(C(=O)N2CCC3(CC2)COc2ccc(CN)cc23)c1. The molecule has 0 unspecified atom stereocenters.